The Bertz CT molecular complexity index is 508. The van der Waals surface area contributed by atoms with Gasteiger partial charge in [0, 0.05) is 6.42 Å². The molecule has 4 heteroatoms. The fourth-order valence-electron chi connectivity index (χ4n) is 1.77. The first kappa shape index (κ1) is 12.8. The van der Waals surface area contributed by atoms with Gasteiger partial charge >= 0.3 is 0 Å². The van der Waals surface area contributed by atoms with E-state index in [2.05, 4.69) is 29.2 Å². The van der Waals surface area contributed by atoms with Gasteiger partial charge in [0.1, 0.15) is 0 Å². The van der Waals surface area contributed by atoms with E-state index in [1.54, 1.807) is 0 Å². The smallest absolute Gasteiger partial charge is 0.229 e. The molecule has 0 spiro atoms. The Morgan fingerprint density at radius 2 is 2.11 bits per heavy atom. The Labute approximate surface area is 107 Å². The molecular formula is C14H18N2O2. The van der Waals surface area contributed by atoms with Crippen LogP contribution in [0.2, 0.25) is 0 Å². The van der Waals surface area contributed by atoms with Gasteiger partial charge in [-0.05, 0) is 24.5 Å². The molecule has 2 aromatic rings. The number of hydrogen-bond donors (Lipinski definition) is 1. The molecule has 18 heavy (non-hydrogen) atoms. The number of benzene rings is 1. The standard InChI is InChI=1S/C14H18N2O2/c1-3-12(17)9-14-15-13(16-18-14)8-11-7-5-4-6-10(11)2/h4-7,12,17H,3,8-9H2,1-2H3. The topological polar surface area (TPSA) is 59.2 Å². The molecule has 96 valence electrons. The van der Waals surface area contributed by atoms with E-state index in [1.165, 1.54) is 11.1 Å². The van der Waals surface area contributed by atoms with E-state index in [0.29, 0.717) is 31.0 Å². The van der Waals surface area contributed by atoms with Crippen molar-refractivity contribution in [1.29, 1.82) is 0 Å². The highest BCUT2D eigenvalue weighted by Gasteiger charge is 2.11. The summed E-state index contributed by atoms with van der Waals surface area (Å²) in [5.41, 5.74) is 2.42. The maximum absolute atomic E-state index is 9.53. The third kappa shape index (κ3) is 3.17. The van der Waals surface area contributed by atoms with Crippen molar-refractivity contribution in [2.45, 2.75) is 39.2 Å². The van der Waals surface area contributed by atoms with Crippen molar-refractivity contribution >= 4 is 0 Å². The second kappa shape index (κ2) is 5.78. The number of aromatic nitrogens is 2. The summed E-state index contributed by atoms with van der Waals surface area (Å²) in [7, 11) is 0. The van der Waals surface area contributed by atoms with E-state index < -0.39 is 6.10 Å². The lowest BCUT2D eigenvalue weighted by molar-refractivity contribution is 0.158. The fourth-order valence-corrected chi connectivity index (χ4v) is 1.77. The van der Waals surface area contributed by atoms with Crippen LogP contribution in [0, 0.1) is 6.92 Å². The zero-order valence-electron chi connectivity index (χ0n) is 10.8. The average Bonchev–Trinajstić information content (AvgIpc) is 2.79. The second-order valence-corrected chi connectivity index (χ2v) is 4.47. The number of nitrogens with zero attached hydrogens (tertiary/aromatic N) is 2. The van der Waals surface area contributed by atoms with Gasteiger partial charge in [0.15, 0.2) is 5.82 Å². The molecule has 4 nitrogen and oxygen atoms in total. The molecule has 1 heterocycles. The zero-order valence-corrected chi connectivity index (χ0v) is 10.8. The minimum Gasteiger partial charge on any atom is -0.393 e. The first-order valence-electron chi connectivity index (χ1n) is 6.23. The first-order chi connectivity index (χ1) is 8.69. The van der Waals surface area contributed by atoms with Crippen LogP contribution in [0.3, 0.4) is 0 Å². The van der Waals surface area contributed by atoms with Crippen LogP contribution in [0.5, 0.6) is 0 Å². The summed E-state index contributed by atoms with van der Waals surface area (Å²) in [5, 5.41) is 13.5. The van der Waals surface area contributed by atoms with Gasteiger partial charge in [-0.3, -0.25) is 0 Å². The van der Waals surface area contributed by atoms with Crippen LogP contribution in [0.4, 0.5) is 0 Å². The maximum atomic E-state index is 9.53. The summed E-state index contributed by atoms with van der Waals surface area (Å²) in [4.78, 5) is 4.30. The highest BCUT2D eigenvalue weighted by molar-refractivity contribution is 5.27. The normalized spacial score (nSPS) is 12.6. The van der Waals surface area contributed by atoms with Crippen molar-refractivity contribution in [3.8, 4) is 0 Å². The lowest BCUT2D eigenvalue weighted by Gasteiger charge is -2.02. The van der Waals surface area contributed by atoms with Gasteiger partial charge in [0.25, 0.3) is 0 Å². The van der Waals surface area contributed by atoms with Gasteiger partial charge in [-0.25, -0.2) is 0 Å². The highest BCUT2D eigenvalue weighted by atomic mass is 16.5. The summed E-state index contributed by atoms with van der Waals surface area (Å²) in [6.45, 7) is 3.99. The molecule has 1 aromatic carbocycles. The van der Waals surface area contributed by atoms with E-state index in [4.69, 9.17) is 4.52 Å². The third-order valence-corrected chi connectivity index (χ3v) is 3.00. The van der Waals surface area contributed by atoms with Crippen molar-refractivity contribution in [3.05, 3.63) is 47.1 Å². The fraction of sp³-hybridized carbons (Fsp3) is 0.429. The molecule has 1 aromatic heterocycles. The van der Waals surface area contributed by atoms with Crippen LogP contribution >= 0.6 is 0 Å². The predicted molar refractivity (Wildman–Crippen MR) is 68.3 cm³/mol. The molecular weight excluding hydrogens is 228 g/mol. The second-order valence-electron chi connectivity index (χ2n) is 4.47. The maximum Gasteiger partial charge on any atom is 0.229 e. The summed E-state index contributed by atoms with van der Waals surface area (Å²) in [5.74, 6) is 1.18. The first-order valence-corrected chi connectivity index (χ1v) is 6.23. The summed E-state index contributed by atoms with van der Waals surface area (Å²) in [6, 6.07) is 8.14. The molecule has 0 amide bonds. The third-order valence-electron chi connectivity index (χ3n) is 3.00. The van der Waals surface area contributed by atoms with Gasteiger partial charge in [-0.1, -0.05) is 36.3 Å². The molecule has 1 unspecified atom stereocenters. The highest BCUT2D eigenvalue weighted by Crippen LogP contribution is 2.12. The molecule has 0 aliphatic heterocycles. The molecule has 0 radical (unpaired) electrons. The zero-order chi connectivity index (χ0) is 13.0. The predicted octanol–water partition coefficient (Wildman–Crippen LogP) is 2.28. The van der Waals surface area contributed by atoms with Crippen molar-refractivity contribution in [1.82, 2.24) is 10.1 Å². The van der Waals surface area contributed by atoms with Gasteiger partial charge < -0.3 is 9.63 Å². The monoisotopic (exact) mass is 246 g/mol. The molecule has 0 fully saturated rings. The van der Waals surface area contributed by atoms with Crippen LogP contribution in [0.25, 0.3) is 0 Å². The minimum atomic E-state index is -0.406. The Morgan fingerprint density at radius 3 is 2.83 bits per heavy atom. The number of aryl methyl sites for hydroxylation is 1. The summed E-state index contributed by atoms with van der Waals surface area (Å²) >= 11 is 0. The summed E-state index contributed by atoms with van der Waals surface area (Å²) in [6.07, 6.45) is 1.38. The Balaban J connectivity index is 2.05. The molecule has 2 rings (SSSR count). The average molecular weight is 246 g/mol. The number of aliphatic hydroxyl groups is 1. The lowest BCUT2D eigenvalue weighted by atomic mass is 10.1. The molecule has 0 bridgehead atoms. The minimum absolute atomic E-state index is 0.406. The lowest BCUT2D eigenvalue weighted by Crippen LogP contribution is -2.08. The van der Waals surface area contributed by atoms with E-state index in [9.17, 15) is 5.11 Å². The van der Waals surface area contributed by atoms with Crippen molar-refractivity contribution in [2.24, 2.45) is 0 Å². The van der Waals surface area contributed by atoms with Crippen LogP contribution in [0.15, 0.2) is 28.8 Å². The quantitative estimate of drug-likeness (QED) is 0.879. The molecule has 1 atom stereocenters. The van der Waals surface area contributed by atoms with Gasteiger partial charge in [0.05, 0.1) is 12.5 Å². The summed E-state index contributed by atoms with van der Waals surface area (Å²) < 4.78 is 5.13. The molecule has 0 aliphatic carbocycles. The van der Waals surface area contributed by atoms with E-state index >= 15 is 0 Å². The SMILES string of the molecule is CCC(O)Cc1nc(Cc2ccccc2C)no1. The largest absolute Gasteiger partial charge is 0.393 e. The molecule has 0 aliphatic rings. The van der Waals surface area contributed by atoms with Crippen molar-refractivity contribution in [3.63, 3.8) is 0 Å². The Morgan fingerprint density at radius 1 is 1.33 bits per heavy atom. The molecule has 0 saturated carbocycles. The van der Waals surface area contributed by atoms with Crippen molar-refractivity contribution < 1.29 is 9.63 Å². The molecule has 0 saturated heterocycles. The Kier molecular flexibility index (Phi) is 4.10. The number of hydrogen-bond acceptors (Lipinski definition) is 4. The number of aliphatic hydroxyl groups excluding tert-OH is 1. The van der Waals surface area contributed by atoms with E-state index in [-0.39, 0.29) is 0 Å². The van der Waals surface area contributed by atoms with Crippen LogP contribution in [-0.2, 0) is 12.8 Å². The van der Waals surface area contributed by atoms with Gasteiger partial charge in [-0.15, -0.1) is 0 Å². The van der Waals surface area contributed by atoms with E-state index in [1.807, 2.05) is 19.1 Å². The van der Waals surface area contributed by atoms with Gasteiger partial charge in [-0.2, -0.15) is 4.98 Å². The van der Waals surface area contributed by atoms with Gasteiger partial charge in [0.2, 0.25) is 5.89 Å². The van der Waals surface area contributed by atoms with Crippen LogP contribution < -0.4 is 0 Å². The Hall–Kier alpha value is -1.68. The van der Waals surface area contributed by atoms with Crippen LogP contribution in [0.1, 0.15) is 36.2 Å². The molecule has 1 N–H and O–H groups in total. The van der Waals surface area contributed by atoms with Crippen molar-refractivity contribution in [2.75, 3.05) is 0 Å². The van der Waals surface area contributed by atoms with Crippen LogP contribution in [-0.4, -0.2) is 21.4 Å². The number of rotatable bonds is 5. The van der Waals surface area contributed by atoms with E-state index in [0.717, 1.165) is 0 Å².